The Balaban J connectivity index is 1.57. The van der Waals surface area contributed by atoms with Gasteiger partial charge in [0.05, 0.1) is 13.3 Å². The van der Waals surface area contributed by atoms with Crippen LogP contribution in [0.3, 0.4) is 0 Å². The molecule has 1 saturated heterocycles. The zero-order valence-corrected chi connectivity index (χ0v) is 20.6. The number of hydrogen-bond acceptors (Lipinski definition) is 8. The molecule has 0 aliphatic carbocycles. The molecule has 1 fully saturated rings. The molecule has 0 saturated carbocycles. The molecule has 1 N–H and O–H groups in total. The number of halogens is 1. The highest BCUT2D eigenvalue weighted by molar-refractivity contribution is 9.10. The van der Waals surface area contributed by atoms with E-state index in [-0.39, 0.29) is 11.7 Å². The van der Waals surface area contributed by atoms with Gasteiger partial charge in [-0.1, -0.05) is 18.2 Å². The number of methoxy groups -OCH3 is 1. The van der Waals surface area contributed by atoms with E-state index < -0.39 is 23.3 Å². The van der Waals surface area contributed by atoms with Gasteiger partial charge in [0.1, 0.15) is 27.6 Å². The summed E-state index contributed by atoms with van der Waals surface area (Å²) in [5, 5.41) is 3.04. The van der Waals surface area contributed by atoms with Gasteiger partial charge in [0.15, 0.2) is 11.5 Å². The number of alkyl carbamates (subject to hydrolysis) is 1. The van der Waals surface area contributed by atoms with Crippen molar-refractivity contribution >= 4 is 33.8 Å². The molecule has 1 spiro atoms. The highest BCUT2D eigenvalue weighted by Crippen LogP contribution is 2.48. The van der Waals surface area contributed by atoms with Crippen LogP contribution >= 0.6 is 15.9 Å². The predicted octanol–water partition coefficient (Wildman–Crippen LogP) is 4.02. The predicted molar refractivity (Wildman–Crippen MR) is 124 cm³/mol. The molecule has 1 amide bonds. The molecule has 10 heteroatoms. The molecule has 2 aliphatic heterocycles. The van der Waals surface area contributed by atoms with E-state index in [1.54, 1.807) is 6.20 Å². The zero-order valence-electron chi connectivity index (χ0n) is 19.1. The fourth-order valence-corrected chi connectivity index (χ4v) is 4.60. The highest BCUT2D eigenvalue weighted by Gasteiger charge is 2.51. The van der Waals surface area contributed by atoms with Gasteiger partial charge in [-0.3, -0.25) is 0 Å². The monoisotopic (exact) mass is 518 g/mol. The molecule has 176 valence electrons. The standard InChI is InChI=1S/C23H27BrN4O5/c1-22(2,3)33-21(30)27-18-14-7-5-6-8-15(14)32-23(18)9-11-28(12-10-23)19-17(20(29)31-4)26-16(24)13-25-19/h5-8,13,18H,9-12H2,1-4H3,(H,27,30)/t18-/m1/s1. The van der Waals surface area contributed by atoms with Crippen molar-refractivity contribution in [2.45, 2.75) is 50.9 Å². The second-order valence-corrected chi connectivity index (χ2v) is 9.94. The normalized spacial score (nSPS) is 18.9. The van der Waals surface area contributed by atoms with Gasteiger partial charge in [-0.2, -0.15) is 0 Å². The molecule has 2 aromatic rings. The summed E-state index contributed by atoms with van der Waals surface area (Å²) in [6.07, 6.45) is 2.27. The number of benzene rings is 1. The first-order chi connectivity index (χ1) is 15.6. The lowest BCUT2D eigenvalue weighted by Crippen LogP contribution is -2.54. The largest absolute Gasteiger partial charge is 0.484 e. The molecule has 4 rings (SSSR count). The van der Waals surface area contributed by atoms with E-state index in [4.69, 9.17) is 14.2 Å². The Morgan fingerprint density at radius 1 is 1.24 bits per heavy atom. The number of ether oxygens (including phenoxy) is 3. The average molecular weight is 519 g/mol. The molecular weight excluding hydrogens is 492 g/mol. The number of aromatic nitrogens is 2. The van der Waals surface area contributed by atoms with E-state index >= 15 is 0 Å². The Morgan fingerprint density at radius 2 is 1.94 bits per heavy atom. The number of amides is 1. The van der Waals surface area contributed by atoms with Gasteiger partial charge >= 0.3 is 12.1 Å². The second kappa shape index (κ2) is 8.81. The van der Waals surface area contributed by atoms with Crippen molar-refractivity contribution in [2.24, 2.45) is 0 Å². The Bertz CT molecular complexity index is 1060. The van der Waals surface area contributed by atoms with Crippen molar-refractivity contribution in [3.05, 3.63) is 46.3 Å². The molecule has 0 radical (unpaired) electrons. The van der Waals surface area contributed by atoms with E-state index in [2.05, 4.69) is 31.2 Å². The van der Waals surface area contributed by atoms with Crippen LogP contribution in [0.25, 0.3) is 0 Å². The maximum atomic E-state index is 12.6. The van der Waals surface area contributed by atoms with Gasteiger partial charge in [-0.05, 0) is 42.8 Å². The van der Waals surface area contributed by atoms with Gasteiger partial charge in [0.25, 0.3) is 0 Å². The van der Waals surface area contributed by atoms with Crippen molar-refractivity contribution in [1.29, 1.82) is 0 Å². The summed E-state index contributed by atoms with van der Waals surface area (Å²) < 4.78 is 17.3. The van der Waals surface area contributed by atoms with Gasteiger partial charge in [-0.15, -0.1) is 0 Å². The summed E-state index contributed by atoms with van der Waals surface area (Å²) in [5.74, 6) is 0.672. The number of anilines is 1. The number of para-hydroxylation sites is 1. The lowest BCUT2D eigenvalue weighted by Gasteiger charge is -2.42. The van der Waals surface area contributed by atoms with Crippen molar-refractivity contribution in [3.8, 4) is 5.75 Å². The van der Waals surface area contributed by atoms with E-state index in [1.807, 2.05) is 49.9 Å². The number of esters is 1. The Hall–Kier alpha value is -2.88. The van der Waals surface area contributed by atoms with Crippen LogP contribution in [0.2, 0.25) is 0 Å². The highest BCUT2D eigenvalue weighted by atomic mass is 79.9. The van der Waals surface area contributed by atoms with Gasteiger partial charge in [0, 0.05) is 31.5 Å². The molecule has 33 heavy (non-hydrogen) atoms. The Labute approximate surface area is 201 Å². The smallest absolute Gasteiger partial charge is 0.408 e. The molecule has 0 unspecified atom stereocenters. The molecule has 1 aromatic carbocycles. The van der Waals surface area contributed by atoms with Crippen molar-refractivity contribution < 1.29 is 23.8 Å². The van der Waals surface area contributed by atoms with Crippen LogP contribution in [0.1, 0.15) is 55.7 Å². The molecule has 0 bridgehead atoms. The number of carbonyl (C=O) groups is 2. The van der Waals surface area contributed by atoms with Crippen molar-refractivity contribution in [2.75, 3.05) is 25.1 Å². The van der Waals surface area contributed by atoms with Gasteiger partial charge < -0.3 is 24.4 Å². The summed E-state index contributed by atoms with van der Waals surface area (Å²) in [4.78, 5) is 35.6. The summed E-state index contributed by atoms with van der Waals surface area (Å²) in [7, 11) is 1.32. The average Bonchev–Trinajstić information content (AvgIpc) is 3.05. The topological polar surface area (TPSA) is 103 Å². The molecule has 1 atom stereocenters. The van der Waals surface area contributed by atoms with Crippen LogP contribution in [-0.2, 0) is 9.47 Å². The fourth-order valence-electron chi connectivity index (χ4n) is 4.32. The first-order valence-corrected chi connectivity index (χ1v) is 11.5. The number of fused-ring (bicyclic) bond motifs is 1. The van der Waals surface area contributed by atoms with Crippen LogP contribution in [0.15, 0.2) is 35.1 Å². The SMILES string of the molecule is COC(=O)c1nc(Br)cnc1N1CCC2(CC1)Oc1ccccc1[C@H]2NC(=O)OC(C)(C)C. The number of rotatable bonds is 3. The minimum Gasteiger partial charge on any atom is -0.484 e. The summed E-state index contributed by atoms with van der Waals surface area (Å²) in [6.45, 7) is 6.61. The minimum atomic E-state index is -0.634. The maximum Gasteiger partial charge on any atom is 0.408 e. The molecule has 9 nitrogen and oxygen atoms in total. The van der Waals surface area contributed by atoms with Crippen LogP contribution in [0.5, 0.6) is 5.75 Å². The van der Waals surface area contributed by atoms with Gasteiger partial charge in [-0.25, -0.2) is 19.6 Å². The van der Waals surface area contributed by atoms with Crippen LogP contribution in [-0.4, -0.2) is 53.4 Å². The first-order valence-electron chi connectivity index (χ1n) is 10.8. The quantitative estimate of drug-likeness (QED) is 0.607. The summed E-state index contributed by atoms with van der Waals surface area (Å²) >= 11 is 3.26. The number of piperidine rings is 1. The van der Waals surface area contributed by atoms with Gasteiger partial charge in [0.2, 0.25) is 0 Å². The lowest BCUT2D eigenvalue weighted by atomic mass is 9.82. The number of hydrogen-bond donors (Lipinski definition) is 1. The Kier molecular flexibility index (Phi) is 6.22. The fraction of sp³-hybridized carbons (Fsp3) is 0.478. The van der Waals surface area contributed by atoms with Crippen LogP contribution in [0.4, 0.5) is 10.6 Å². The Morgan fingerprint density at radius 3 is 2.61 bits per heavy atom. The second-order valence-electron chi connectivity index (χ2n) is 9.13. The molecule has 3 heterocycles. The third kappa shape index (κ3) is 4.75. The zero-order chi connectivity index (χ0) is 23.8. The van der Waals surface area contributed by atoms with E-state index in [9.17, 15) is 9.59 Å². The van der Waals surface area contributed by atoms with Crippen molar-refractivity contribution in [3.63, 3.8) is 0 Å². The third-order valence-electron chi connectivity index (χ3n) is 5.74. The van der Waals surface area contributed by atoms with Crippen molar-refractivity contribution in [1.82, 2.24) is 15.3 Å². The summed E-state index contributed by atoms with van der Waals surface area (Å²) in [5.41, 5.74) is -0.160. The molecule has 2 aliphatic rings. The minimum absolute atomic E-state index is 0.155. The lowest BCUT2D eigenvalue weighted by molar-refractivity contribution is 0.0148. The molecule has 1 aromatic heterocycles. The van der Waals surface area contributed by atoms with E-state index in [0.717, 1.165) is 11.3 Å². The first kappa shape index (κ1) is 23.3. The number of nitrogens with one attached hydrogen (secondary N) is 1. The van der Waals surface area contributed by atoms with Crippen LogP contribution in [0, 0.1) is 0 Å². The third-order valence-corrected chi connectivity index (χ3v) is 6.12. The van der Waals surface area contributed by atoms with Crippen LogP contribution < -0.4 is 15.0 Å². The number of nitrogens with zero attached hydrogens (tertiary/aromatic N) is 3. The number of carbonyl (C=O) groups excluding carboxylic acids is 2. The van der Waals surface area contributed by atoms with E-state index in [1.165, 1.54) is 7.11 Å². The van der Waals surface area contributed by atoms with E-state index in [0.29, 0.717) is 36.4 Å². The summed E-state index contributed by atoms with van der Waals surface area (Å²) in [6, 6.07) is 7.36. The molecular formula is C23H27BrN4O5. The maximum absolute atomic E-state index is 12.6.